The Kier molecular flexibility index (Phi) is 5.94. The molecule has 0 bridgehead atoms. The van der Waals surface area contributed by atoms with E-state index >= 15 is 0 Å². The molecule has 31 heavy (non-hydrogen) atoms. The maximum absolute atomic E-state index is 13.5. The average molecular weight is 443 g/mol. The minimum absolute atomic E-state index is 0.0301. The zero-order valence-corrected chi connectivity index (χ0v) is 18.9. The van der Waals surface area contributed by atoms with E-state index in [-0.39, 0.29) is 16.6 Å². The Balaban J connectivity index is 1.55. The molecule has 0 radical (unpaired) electrons. The predicted molar refractivity (Wildman–Crippen MR) is 117 cm³/mol. The molecule has 0 amide bonds. The molecule has 6 nitrogen and oxygen atoms in total. The molecule has 0 N–H and O–H groups in total. The van der Waals surface area contributed by atoms with E-state index in [1.165, 1.54) is 16.4 Å². The largest absolute Gasteiger partial charge is 0.271 e. The first-order valence-electron chi connectivity index (χ1n) is 10.5. The summed E-state index contributed by atoms with van der Waals surface area (Å²) in [5, 5.41) is 4.29. The van der Waals surface area contributed by atoms with Crippen molar-refractivity contribution in [3.63, 3.8) is 0 Å². The quantitative estimate of drug-likeness (QED) is 0.582. The van der Waals surface area contributed by atoms with Crippen LogP contribution in [-0.2, 0) is 23.0 Å². The van der Waals surface area contributed by atoms with Gasteiger partial charge in [0.15, 0.2) is 0 Å². The molecule has 8 heteroatoms. The number of sulfonamides is 1. The number of pyridine rings is 1. The van der Waals surface area contributed by atoms with Crippen molar-refractivity contribution in [1.82, 2.24) is 19.1 Å². The molecule has 1 aliphatic heterocycles. The number of aromatic nitrogens is 3. The van der Waals surface area contributed by atoms with Crippen LogP contribution in [0.1, 0.15) is 47.5 Å². The molecule has 1 aromatic carbocycles. The summed E-state index contributed by atoms with van der Waals surface area (Å²) in [6.45, 7) is 7.07. The third-order valence-corrected chi connectivity index (χ3v) is 7.71. The molecule has 3 aromatic rings. The zero-order chi connectivity index (χ0) is 22.2. The maximum atomic E-state index is 13.5. The highest BCUT2D eigenvalue weighted by atomic mass is 32.2. The van der Waals surface area contributed by atoms with Crippen LogP contribution < -0.4 is 0 Å². The molecule has 4 rings (SSSR count). The Morgan fingerprint density at radius 1 is 1.16 bits per heavy atom. The average Bonchev–Trinajstić information content (AvgIpc) is 3.35. The minimum Gasteiger partial charge on any atom is -0.271 e. The molecular weight excluding hydrogens is 415 g/mol. The number of halogens is 1. The molecule has 0 aliphatic carbocycles. The fourth-order valence-corrected chi connectivity index (χ4v) is 5.87. The highest BCUT2D eigenvalue weighted by Crippen LogP contribution is 2.32. The minimum atomic E-state index is -3.59. The third-order valence-electron chi connectivity index (χ3n) is 5.74. The second-order valence-corrected chi connectivity index (χ2v) is 10.0. The van der Waals surface area contributed by atoms with Crippen molar-refractivity contribution in [1.29, 1.82) is 0 Å². The van der Waals surface area contributed by atoms with Crippen LogP contribution in [0.5, 0.6) is 0 Å². The van der Waals surface area contributed by atoms with Gasteiger partial charge in [0.25, 0.3) is 0 Å². The van der Waals surface area contributed by atoms with Crippen LogP contribution in [0.4, 0.5) is 4.39 Å². The van der Waals surface area contributed by atoms with Gasteiger partial charge in [-0.25, -0.2) is 12.8 Å². The van der Waals surface area contributed by atoms with Gasteiger partial charge in [-0.1, -0.05) is 12.1 Å². The summed E-state index contributed by atoms with van der Waals surface area (Å²) in [4.78, 5) is 4.96. The van der Waals surface area contributed by atoms with Crippen molar-refractivity contribution in [2.24, 2.45) is 0 Å². The summed E-state index contributed by atoms with van der Waals surface area (Å²) in [7, 11) is -3.59. The summed E-state index contributed by atoms with van der Waals surface area (Å²) in [6.07, 6.45) is 2.94. The van der Waals surface area contributed by atoms with Gasteiger partial charge in [0, 0.05) is 43.1 Å². The van der Waals surface area contributed by atoms with E-state index in [4.69, 9.17) is 0 Å². The first-order valence-corrected chi connectivity index (χ1v) is 12.0. The molecule has 2 aromatic heterocycles. The first-order chi connectivity index (χ1) is 14.8. The first kappa shape index (κ1) is 21.6. The van der Waals surface area contributed by atoms with Crippen LogP contribution in [0.2, 0.25) is 0 Å². The number of aryl methyl sites for hydroxylation is 3. The topological polar surface area (TPSA) is 68.1 Å². The monoisotopic (exact) mass is 442 g/mol. The van der Waals surface area contributed by atoms with Crippen molar-refractivity contribution < 1.29 is 12.8 Å². The van der Waals surface area contributed by atoms with Gasteiger partial charge in [0.1, 0.15) is 10.7 Å². The number of hydrogen-bond donors (Lipinski definition) is 0. The van der Waals surface area contributed by atoms with Crippen LogP contribution in [0.15, 0.2) is 47.5 Å². The van der Waals surface area contributed by atoms with Crippen LogP contribution >= 0.6 is 0 Å². The summed E-state index contributed by atoms with van der Waals surface area (Å²) >= 11 is 0. The summed E-state index contributed by atoms with van der Waals surface area (Å²) < 4.78 is 43.1. The van der Waals surface area contributed by atoms with Crippen LogP contribution in [-0.4, -0.2) is 40.6 Å². The highest BCUT2D eigenvalue weighted by molar-refractivity contribution is 7.89. The molecule has 164 valence electrons. The lowest BCUT2D eigenvalue weighted by molar-refractivity contribution is 0.471. The second kappa shape index (κ2) is 8.51. The summed E-state index contributed by atoms with van der Waals surface area (Å²) in [5.74, 6) is -0.218. The van der Waals surface area contributed by atoms with Gasteiger partial charge in [-0.3, -0.25) is 9.67 Å². The lowest BCUT2D eigenvalue weighted by atomic mass is 9.98. The SMILES string of the molecule is CCn1cc(S(=O)(=O)N2CC[C@H](c3cc(Cc4cccc(F)c4)cc(C)n3)C2)c(C)n1. The summed E-state index contributed by atoms with van der Waals surface area (Å²) in [5.41, 5.74) is 4.25. The molecule has 0 spiro atoms. The van der Waals surface area contributed by atoms with Gasteiger partial charge in [0.2, 0.25) is 10.0 Å². The Bertz CT molecular complexity index is 1210. The van der Waals surface area contributed by atoms with Gasteiger partial charge in [-0.2, -0.15) is 9.40 Å². The molecular formula is C23H27FN4O2S. The number of nitrogens with zero attached hydrogens (tertiary/aromatic N) is 4. The van der Waals surface area contributed by atoms with E-state index in [9.17, 15) is 12.8 Å². The van der Waals surface area contributed by atoms with Crippen LogP contribution in [0, 0.1) is 19.7 Å². The standard InChI is InChI=1S/C23H27FN4O2S/c1-4-27-15-23(17(3)26-27)31(29,30)28-9-8-20(14-28)22-13-19(10-16(2)25-22)11-18-6-5-7-21(24)12-18/h5-7,10,12-13,15,20H,4,8-9,11,14H2,1-3H3/t20-/m0/s1. The van der Waals surface area contributed by atoms with Gasteiger partial charge < -0.3 is 0 Å². The van der Waals surface area contributed by atoms with Crippen molar-refractivity contribution in [2.75, 3.05) is 13.1 Å². The van der Waals surface area contributed by atoms with Gasteiger partial charge in [-0.05, 0) is 69.0 Å². The fourth-order valence-electron chi connectivity index (χ4n) is 4.20. The van der Waals surface area contributed by atoms with Crippen molar-refractivity contribution in [3.05, 3.63) is 76.6 Å². The molecule has 1 aliphatic rings. The van der Waals surface area contributed by atoms with Crippen molar-refractivity contribution in [3.8, 4) is 0 Å². The third kappa shape index (κ3) is 4.55. The van der Waals surface area contributed by atoms with E-state index in [0.717, 1.165) is 28.9 Å². The Morgan fingerprint density at radius 3 is 2.68 bits per heavy atom. The number of benzene rings is 1. The van der Waals surface area contributed by atoms with E-state index in [2.05, 4.69) is 10.1 Å². The molecule has 1 fully saturated rings. The fraction of sp³-hybridized carbons (Fsp3) is 0.391. The summed E-state index contributed by atoms with van der Waals surface area (Å²) in [6, 6.07) is 10.6. The van der Waals surface area contributed by atoms with E-state index < -0.39 is 10.0 Å². The van der Waals surface area contributed by atoms with E-state index in [0.29, 0.717) is 31.7 Å². The number of hydrogen-bond acceptors (Lipinski definition) is 4. The van der Waals surface area contributed by atoms with Gasteiger partial charge >= 0.3 is 0 Å². The zero-order valence-electron chi connectivity index (χ0n) is 18.0. The normalized spacial score (nSPS) is 17.4. The second-order valence-electron chi connectivity index (χ2n) is 8.13. The number of rotatable bonds is 6. The molecule has 3 heterocycles. The van der Waals surface area contributed by atoms with Crippen molar-refractivity contribution >= 4 is 10.0 Å². The van der Waals surface area contributed by atoms with E-state index in [1.807, 2.05) is 32.0 Å². The molecule has 1 atom stereocenters. The molecule has 1 saturated heterocycles. The van der Waals surface area contributed by atoms with Crippen LogP contribution in [0.25, 0.3) is 0 Å². The van der Waals surface area contributed by atoms with E-state index in [1.54, 1.807) is 23.9 Å². The lowest BCUT2D eigenvalue weighted by Gasteiger charge is -2.16. The maximum Gasteiger partial charge on any atom is 0.246 e. The Morgan fingerprint density at radius 2 is 1.97 bits per heavy atom. The van der Waals surface area contributed by atoms with Gasteiger partial charge in [0.05, 0.1) is 5.69 Å². The molecule has 0 saturated carbocycles. The van der Waals surface area contributed by atoms with Crippen LogP contribution in [0.3, 0.4) is 0 Å². The smallest absolute Gasteiger partial charge is 0.246 e. The Hall–Kier alpha value is -2.58. The molecule has 0 unspecified atom stereocenters. The van der Waals surface area contributed by atoms with Crippen molar-refractivity contribution in [2.45, 2.75) is 51.0 Å². The lowest BCUT2D eigenvalue weighted by Crippen LogP contribution is -2.29. The Labute approximate surface area is 182 Å². The van der Waals surface area contributed by atoms with Gasteiger partial charge in [-0.15, -0.1) is 0 Å². The predicted octanol–water partition coefficient (Wildman–Crippen LogP) is 3.82. The highest BCUT2D eigenvalue weighted by Gasteiger charge is 2.35.